The number of carbonyl (C=O) groups is 2. The van der Waals surface area contributed by atoms with Crippen molar-refractivity contribution < 1.29 is 22.8 Å². The fourth-order valence-electron chi connectivity index (χ4n) is 2.67. The highest BCUT2D eigenvalue weighted by Crippen LogP contribution is 2.32. The van der Waals surface area contributed by atoms with Gasteiger partial charge in [0.2, 0.25) is 11.8 Å². The van der Waals surface area contributed by atoms with E-state index in [4.69, 9.17) is 0 Å². The van der Waals surface area contributed by atoms with Gasteiger partial charge in [-0.25, -0.2) is 0 Å². The molecule has 1 atom stereocenters. The van der Waals surface area contributed by atoms with Crippen LogP contribution >= 0.6 is 0 Å². The smallest absolute Gasteiger partial charge is 0.353 e. The zero-order valence-electron chi connectivity index (χ0n) is 13.6. The van der Waals surface area contributed by atoms with Gasteiger partial charge in [0, 0.05) is 33.7 Å². The van der Waals surface area contributed by atoms with Crippen LogP contribution in [0.2, 0.25) is 0 Å². The van der Waals surface area contributed by atoms with Crippen molar-refractivity contribution >= 4 is 11.8 Å². The second-order valence-electron chi connectivity index (χ2n) is 5.92. The van der Waals surface area contributed by atoms with Crippen LogP contribution in [-0.4, -0.2) is 54.8 Å². The highest BCUT2D eigenvalue weighted by Gasteiger charge is 2.36. The van der Waals surface area contributed by atoms with Crippen LogP contribution in [0, 0.1) is 0 Å². The van der Waals surface area contributed by atoms with Gasteiger partial charge in [0.05, 0.1) is 18.0 Å². The summed E-state index contributed by atoms with van der Waals surface area (Å²) in [7, 11) is 3.15. The lowest BCUT2D eigenvalue weighted by atomic mass is 10.0. The van der Waals surface area contributed by atoms with Crippen molar-refractivity contribution in [2.45, 2.75) is 25.2 Å². The van der Waals surface area contributed by atoms with Gasteiger partial charge in [-0.3, -0.25) is 14.5 Å². The summed E-state index contributed by atoms with van der Waals surface area (Å²) in [5.41, 5.74) is -0.615. The molecule has 0 aromatic heterocycles. The molecule has 5 nitrogen and oxygen atoms in total. The molecule has 2 amide bonds. The van der Waals surface area contributed by atoms with E-state index in [1.807, 2.05) is 0 Å². The summed E-state index contributed by atoms with van der Waals surface area (Å²) < 4.78 is 39.4. The Labute approximate surface area is 138 Å². The predicted molar refractivity (Wildman–Crippen MR) is 82.0 cm³/mol. The van der Waals surface area contributed by atoms with Gasteiger partial charge < -0.3 is 10.2 Å². The first-order valence-corrected chi connectivity index (χ1v) is 7.57. The average Bonchev–Trinajstić information content (AvgIpc) is 2.50. The van der Waals surface area contributed by atoms with E-state index in [2.05, 4.69) is 5.32 Å². The van der Waals surface area contributed by atoms with Crippen LogP contribution in [0.1, 0.15) is 17.5 Å². The zero-order valence-corrected chi connectivity index (χ0v) is 13.6. The lowest BCUT2D eigenvalue weighted by Crippen LogP contribution is -2.56. The van der Waals surface area contributed by atoms with E-state index in [1.54, 1.807) is 19.0 Å². The van der Waals surface area contributed by atoms with Crippen molar-refractivity contribution in [3.8, 4) is 0 Å². The minimum absolute atomic E-state index is 0.0333. The summed E-state index contributed by atoms with van der Waals surface area (Å²) in [4.78, 5) is 27.0. The SMILES string of the molecule is CN(C)C(=O)C[C@H]1C(=O)NCCN1Cc1ccccc1C(F)(F)F. The van der Waals surface area contributed by atoms with Crippen molar-refractivity contribution in [3.05, 3.63) is 35.4 Å². The summed E-state index contributed by atoms with van der Waals surface area (Å²) in [5.74, 6) is -0.577. The van der Waals surface area contributed by atoms with Gasteiger partial charge in [0.15, 0.2) is 0 Å². The molecule has 0 spiro atoms. The summed E-state index contributed by atoms with van der Waals surface area (Å²) in [6.07, 6.45) is -4.52. The van der Waals surface area contributed by atoms with E-state index in [0.717, 1.165) is 6.07 Å². The second-order valence-corrected chi connectivity index (χ2v) is 5.92. The molecule has 0 radical (unpaired) electrons. The van der Waals surface area contributed by atoms with Gasteiger partial charge in [-0.05, 0) is 11.6 Å². The van der Waals surface area contributed by atoms with Crippen LogP contribution < -0.4 is 5.32 Å². The topological polar surface area (TPSA) is 52.7 Å². The number of hydrogen-bond donors (Lipinski definition) is 1. The lowest BCUT2D eigenvalue weighted by molar-refractivity contribution is -0.140. The van der Waals surface area contributed by atoms with Crippen molar-refractivity contribution in [1.29, 1.82) is 0 Å². The molecule has 1 N–H and O–H groups in total. The van der Waals surface area contributed by atoms with Gasteiger partial charge in [-0.2, -0.15) is 13.2 Å². The molecule has 0 bridgehead atoms. The number of alkyl halides is 3. The third kappa shape index (κ3) is 4.25. The first-order chi connectivity index (χ1) is 11.2. The van der Waals surface area contributed by atoms with Gasteiger partial charge in [-0.15, -0.1) is 0 Å². The maximum atomic E-state index is 13.1. The second kappa shape index (κ2) is 7.21. The third-order valence-electron chi connectivity index (χ3n) is 4.00. The molecule has 0 unspecified atom stereocenters. The Morgan fingerprint density at radius 1 is 1.33 bits per heavy atom. The molecule has 1 heterocycles. The first-order valence-electron chi connectivity index (χ1n) is 7.57. The monoisotopic (exact) mass is 343 g/mol. The summed E-state index contributed by atoms with van der Waals surface area (Å²) in [6, 6.07) is 4.53. The Morgan fingerprint density at radius 2 is 2.00 bits per heavy atom. The summed E-state index contributed by atoms with van der Waals surface area (Å²) >= 11 is 0. The highest BCUT2D eigenvalue weighted by atomic mass is 19.4. The van der Waals surface area contributed by atoms with Crippen molar-refractivity contribution in [3.63, 3.8) is 0 Å². The van der Waals surface area contributed by atoms with Crippen LogP contribution in [0.3, 0.4) is 0 Å². The lowest BCUT2D eigenvalue weighted by Gasteiger charge is -2.35. The number of carbonyl (C=O) groups excluding carboxylic acids is 2. The van der Waals surface area contributed by atoms with E-state index in [9.17, 15) is 22.8 Å². The largest absolute Gasteiger partial charge is 0.416 e. The van der Waals surface area contributed by atoms with Crippen LogP contribution in [0.4, 0.5) is 13.2 Å². The molecular weight excluding hydrogens is 323 g/mol. The fourth-order valence-corrected chi connectivity index (χ4v) is 2.67. The molecule has 1 aliphatic heterocycles. The van der Waals surface area contributed by atoms with Gasteiger partial charge in [-0.1, -0.05) is 18.2 Å². The Bertz CT molecular complexity index is 617. The number of piperazine rings is 1. The van der Waals surface area contributed by atoms with Crippen LogP contribution in [0.25, 0.3) is 0 Å². The quantitative estimate of drug-likeness (QED) is 0.901. The maximum absolute atomic E-state index is 13.1. The van der Waals surface area contributed by atoms with Crippen molar-refractivity contribution in [2.75, 3.05) is 27.2 Å². The number of rotatable bonds is 4. The van der Waals surface area contributed by atoms with E-state index >= 15 is 0 Å². The minimum Gasteiger partial charge on any atom is -0.353 e. The number of amides is 2. The number of nitrogens with zero attached hydrogens (tertiary/aromatic N) is 2. The molecule has 0 aliphatic carbocycles. The standard InChI is InChI=1S/C16H20F3N3O2/c1-21(2)14(23)9-13-15(24)20-7-8-22(13)10-11-5-3-4-6-12(11)16(17,18)19/h3-6,13H,7-10H2,1-2H3,(H,20,24)/t13-/m0/s1. The number of nitrogens with one attached hydrogen (secondary N) is 1. The molecule has 1 aromatic carbocycles. The zero-order chi connectivity index (χ0) is 17.9. The molecule has 8 heteroatoms. The molecule has 1 saturated heterocycles. The molecule has 1 aromatic rings. The van der Waals surface area contributed by atoms with Gasteiger partial charge >= 0.3 is 6.18 Å². The Kier molecular flexibility index (Phi) is 5.48. The van der Waals surface area contributed by atoms with Gasteiger partial charge in [0.25, 0.3) is 0 Å². The van der Waals surface area contributed by atoms with Crippen LogP contribution in [-0.2, 0) is 22.3 Å². The van der Waals surface area contributed by atoms with Gasteiger partial charge in [0.1, 0.15) is 0 Å². The Balaban J connectivity index is 2.23. The molecule has 0 saturated carbocycles. The highest BCUT2D eigenvalue weighted by molar-refractivity contribution is 5.88. The van der Waals surface area contributed by atoms with Crippen molar-refractivity contribution in [1.82, 2.24) is 15.1 Å². The van der Waals surface area contributed by atoms with Crippen LogP contribution in [0.15, 0.2) is 24.3 Å². The fraction of sp³-hybridized carbons (Fsp3) is 0.500. The predicted octanol–water partition coefficient (Wildman–Crippen LogP) is 1.48. The summed E-state index contributed by atoms with van der Waals surface area (Å²) in [5, 5.41) is 2.66. The number of benzene rings is 1. The minimum atomic E-state index is -4.45. The number of halogens is 3. The Hall–Kier alpha value is -2.09. The number of hydrogen-bond acceptors (Lipinski definition) is 3. The molecule has 1 fully saturated rings. The maximum Gasteiger partial charge on any atom is 0.416 e. The van der Waals surface area contributed by atoms with Crippen LogP contribution in [0.5, 0.6) is 0 Å². The summed E-state index contributed by atoms with van der Waals surface area (Å²) in [6.45, 7) is 0.706. The normalized spacial score (nSPS) is 19.0. The molecule has 132 valence electrons. The van der Waals surface area contributed by atoms with Crippen molar-refractivity contribution in [2.24, 2.45) is 0 Å². The molecular formula is C16H20F3N3O2. The first kappa shape index (κ1) is 18.3. The van der Waals surface area contributed by atoms with E-state index < -0.39 is 17.8 Å². The molecule has 2 rings (SSSR count). The van der Waals surface area contributed by atoms with E-state index in [-0.39, 0.29) is 30.3 Å². The third-order valence-corrected chi connectivity index (χ3v) is 4.00. The molecule has 1 aliphatic rings. The van der Waals surface area contributed by atoms with E-state index in [0.29, 0.717) is 13.1 Å². The average molecular weight is 343 g/mol. The molecule has 24 heavy (non-hydrogen) atoms. The Morgan fingerprint density at radius 3 is 2.62 bits per heavy atom. The van der Waals surface area contributed by atoms with E-state index in [1.165, 1.54) is 23.1 Å².